The zero-order valence-electron chi connectivity index (χ0n) is 7.36. The smallest absolute Gasteiger partial charge is 0.0293 e. The number of hydrogen-bond donors (Lipinski definition) is 2. The fourth-order valence-corrected chi connectivity index (χ4v) is 0.843. The minimum Gasteiger partial charge on any atom is -0.401 e. The monoisotopic (exact) mass is 142 g/mol. The zero-order chi connectivity index (χ0) is 8.15. The van der Waals surface area contributed by atoms with E-state index in [-0.39, 0.29) is 0 Å². The van der Waals surface area contributed by atoms with Gasteiger partial charge in [0.15, 0.2) is 0 Å². The third-order valence-electron chi connectivity index (χ3n) is 1.29. The molecule has 0 atom stereocenters. The standard InChI is InChI=1S/C8H18N2/c1-5-8(7(4)9)10-6(2)3/h6,10H,5,9H2,1-4H3/b8-7-. The molecule has 0 radical (unpaired) electrons. The Morgan fingerprint density at radius 3 is 2.10 bits per heavy atom. The maximum Gasteiger partial charge on any atom is 0.0293 e. The van der Waals surface area contributed by atoms with E-state index < -0.39 is 0 Å². The predicted molar refractivity (Wildman–Crippen MR) is 45.5 cm³/mol. The van der Waals surface area contributed by atoms with Gasteiger partial charge in [-0.05, 0) is 27.2 Å². The maximum atomic E-state index is 5.61. The van der Waals surface area contributed by atoms with Crippen molar-refractivity contribution in [2.45, 2.75) is 40.2 Å². The lowest BCUT2D eigenvalue weighted by atomic mass is 10.2. The van der Waals surface area contributed by atoms with Crippen molar-refractivity contribution in [3.63, 3.8) is 0 Å². The quantitative estimate of drug-likeness (QED) is 0.628. The SMILES string of the molecule is CC/C(NC(C)C)=C(\C)N. The Hall–Kier alpha value is -0.660. The molecule has 0 heterocycles. The Morgan fingerprint density at radius 2 is 2.00 bits per heavy atom. The van der Waals surface area contributed by atoms with Crippen LogP contribution in [0.15, 0.2) is 11.4 Å². The Morgan fingerprint density at radius 1 is 1.50 bits per heavy atom. The molecule has 0 fully saturated rings. The van der Waals surface area contributed by atoms with Crippen LogP contribution in [-0.2, 0) is 0 Å². The number of allylic oxidation sites excluding steroid dienone is 2. The van der Waals surface area contributed by atoms with Crippen molar-refractivity contribution in [1.82, 2.24) is 5.32 Å². The van der Waals surface area contributed by atoms with Crippen LogP contribution in [0.2, 0.25) is 0 Å². The van der Waals surface area contributed by atoms with Crippen molar-refractivity contribution in [1.29, 1.82) is 0 Å². The largest absolute Gasteiger partial charge is 0.401 e. The lowest BCUT2D eigenvalue weighted by molar-refractivity contribution is 0.642. The summed E-state index contributed by atoms with van der Waals surface area (Å²) in [5.41, 5.74) is 7.67. The van der Waals surface area contributed by atoms with Crippen molar-refractivity contribution < 1.29 is 0 Å². The molecule has 60 valence electrons. The van der Waals surface area contributed by atoms with Crippen molar-refractivity contribution >= 4 is 0 Å². The van der Waals surface area contributed by atoms with Crippen LogP contribution in [-0.4, -0.2) is 6.04 Å². The summed E-state index contributed by atoms with van der Waals surface area (Å²) in [5.74, 6) is 0. The average Bonchev–Trinajstić information content (AvgIpc) is 1.81. The van der Waals surface area contributed by atoms with Crippen LogP contribution in [0.4, 0.5) is 0 Å². The van der Waals surface area contributed by atoms with Crippen molar-refractivity contribution in [2.24, 2.45) is 5.73 Å². The normalized spacial score (nSPS) is 13.3. The molecule has 2 nitrogen and oxygen atoms in total. The highest BCUT2D eigenvalue weighted by atomic mass is 14.9. The van der Waals surface area contributed by atoms with Gasteiger partial charge in [-0.2, -0.15) is 0 Å². The van der Waals surface area contributed by atoms with Crippen LogP contribution in [0.25, 0.3) is 0 Å². The van der Waals surface area contributed by atoms with Gasteiger partial charge >= 0.3 is 0 Å². The van der Waals surface area contributed by atoms with E-state index in [0.717, 1.165) is 17.8 Å². The molecule has 0 saturated heterocycles. The molecule has 0 unspecified atom stereocenters. The molecular weight excluding hydrogens is 124 g/mol. The summed E-state index contributed by atoms with van der Waals surface area (Å²) < 4.78 is 0. The van der Waals surface area contributed by atoms with Crippen LogP contribution in [0.1, 0.15) is 34.1 Å². The van der Waals surface area contributed by atoms with Gasteiger partial charge in [-0.3, -0.25) is 0 Å². The summed E-state index contributed by atoms with van der Waals surface area (Å²) in [4.78, 5) is 0. The molecule has 10 heavy (non-hydrogen) atoms. The van der Waals surface area contributed by atoms with E-state index >= 15 is 0 Å². The Bertz CT molecular complexity index is 121. The Kier molecular flexibility index (Phi) is 3.93. The van der Waals surface area contributed by atoms with Crippen LogP contribution in [0.5, 0.6) is 0 Å². The molecule has 0 aromatic heterocycles. The fraction of sp³-hybridized carbons (Fsp3) is 0.750. The van der Waals surface area contributed by atoms with Crippen LogP contribution in [0, 0.1) is 0 Å². The first-order valence-corrected chi connectivity index (χ1v) is 3.79. The minimum absolute atomic E-state index is 0.480. The number of nitrogens with two attached hydrogens (primary N) is 1. The second-order valence-corrected chi connectivity index (χ2v) is 2.81. The molecule has 0 aliphatic heterocycles. The van der Waals surface area contributed by atoms with E-state index in [2.05, 4.69) is 26.1 Å². The van der Waals surface area contributed by atoms with Gasteiger partial charge in [-0.25, -0.2) is 0 Å². The van der Waals surface area contributed by atoms with Crippen LogP contribution in [0.3, 0.4) is 0 Å². The first-order chi connectivity index (χ1) is 4.57. The summed E-state index contributed by atoms with van der Waals surface area (Å²) in [5, 5.41) is 3.28. The topological polar surface area (TPSA) is 38.0 Å². The molecule has 0 spiro atoms. The van der Waals surface area contributed by atoms with E-state index in [9.17, 15) is 0 Å². The van der Waals surface area contributed by atoms with Gasteiger partial charge in [0.1, 0.15) is 0 Å². The van der Waals surface area contributed by atoms with Gasteiger partial charge in [0.25, 0.3) is 0 Å². The maximum absolute atomic E-state index is 5.61. The van der Waals surface area contributed by atoms with Gasteiger partial charge < -0.3 is 11.1 Å². The van der Waals surface area contributed by atoms with E-state index in [1.165, 1.54) is 0 Å². The molecule has 0 amide bonds. The van der Waals surface area contributed by atoms with E-state index in [4.69, 9.17) is 5.73 Å². The lowest BCUT2D eigenvalue weighted by Gasteiger charge is -2.13. The summed E-state index contributed by atoms with van der Waals surface area (Å²) in [6.07, 6.45) is 0.987. The number of rotatable bonds is 3. The Labute approximate surface area is 63.5 Å². The summed E-state index contributed by atoms with van der Waals surface area (Å²) in [6.45, 7) is 8.24. The predicted octanol–water partition coefficient (Wildman–Crippen LogP) is 1.58. The van der Waals surface area contributed by atoms with Crippen molar-refractivity contribution in [3.05, 3.63) is 11.4 Å². The summed E-state index contributed by atoms with van der Waals surface area (Å²) in [6, 6.07) is 0.480. The fourth-order valence-electron chi connectivity index (χ4n) is 0.843. The van der Waals surface area contributed by atoms with Crippen molar-refractivity contribution in [3.8, 4) is 0 Å². The first-order valence-electron chi connectivity index (χ1n) is 3.79. The Balaban J connectivity index is 3.97. The highest BCUT2D eigenvalue weighted by molar-refractivity contribution is 5.06. The summed E-state index contributed by atoms with van der Waals surface area (Å²) >= 11 is 0. The van der Waals surface area contributed by atoms with Gasteiger partial charge in [0, 0.05) is 17.4 Å². The molecule has 2 heteroatoms. The molecule has 3 N–H and O–H groups in total. The lowest BCUT2D eigenvalue weighted by Crippen LogP contribution is -2.24. The summed E-state index contributed by atoms with van der Waals surface area (Å²) in [7, 11) is 0. The second-order valence-electron chi connectivity index (χ2n) is 2.81. The first kappa shape index (κ1) is 9.34. The average molecular weight is 142 g/mol. The number of nitrogens with one attached hydrogen (secondary N) is 1. The molecule has 0 aliphatic rings. The zero-order valence-corrected chi connectivity index (χ0v) is 7.36. The van der Waals surface area contributed by atoms with Gasteiger partial charge in [0.05, 0.1) is 0 Å². The molecule has 0 aliphatic carbocycles. The van der Waals surface area contributed by atoms with Gasteiger partial charge in [-0.1, -0.05) is 6.92 Å². The van der Waals surface area contributed by atoms with Crippen LogP contribution < -0.4 is 11.1 Å². The third kappa shape index (κ3) is 3.38. The molecular formula is C8H18N2. The molecule has 0 saturated carbocycles. The van der Waals surface area contributed by atoms with Crippen LogP contribution >= 0.6 is 0 Å². The highest BCUT2D eigenvalue weighted by Crippen LogP contribution is 2.00. The van der Waals surface area contributed by atoms with E-state index in [1.807, 2.05) is 6.92 Å². The highest BCUT2D eigenvalue weighted by Gasteiger charge is 1.97. The third-order valence-corrected chi connectivity index (χ3v) is 1.29. The molecule has 0 aromatic rings. The van der Waals surface area contributed by atoms with Gasteiger partial charge in [0.2, 0.25) is 0 Å². The van der Waals surface area contributed by atoms with Gasteiger partial charge in [-0.15, -0.1) is 0 Å². The van der Waals surface area contributed by atoms with E-state index in [0.29, 0.717) is 6.04 Å². The number of hydrogen-bond acceptors (Lipinski definition) is 2. The molecule has 0 rings (SSSR count). The molecule has 0 aromatic carbocycles. The molecule has 0 bridgehead atoms. The van der Waals surface area contributed by atoms with Crippen molar-refractivity contribution in [2.75, 3.05) is 0 Å². The minimum atomic E-state index is 0.480. The van der Waals surface area contributed by atoms with E-state index in [1.54, 1.807) is 0 Å². The second kappa shape index (κ2) is 4.20.